The molecule has 2 N–H and O–H groups in total. The molecule has 130 valence electrons. The van der Waals surface area contributed by atoms with E-state index in [1.54, 1.807) is 19.2 Å². The number of fused-ring (bicyclic) bond motifs is 1. The molecule has 6 heteroatoms. The molecule has 2 aromatic heterocycles. The average Bonchev–Trinajstić information content (AvgIpc) is 3.17. The minimum Gasteiger partial charge on any atom is -0.493 e. The van der Waals surface area contributed by atoms with Gasteiger partial charge < -0.3 is 19.6 Å². The number of aliphatic hydroxyl groups is 1. The van der Waals surface area contributed by atoms with Crippen LogP contribution < -0.4 is 10.1 Å². The molecule has 2 heterocycles. The standard InChI is InChI=1S/C19H19NO4S/c1-23-14-5-2-4-12-10-15(24-17(12)14)18(21)20-11-19(22,13-7-8-13)16-6-3-9-25-16/h2-6,9-10,13,22H,7-8,11H2,1H3,(H,20,21)/t19-/m0/s1. The van der Waals surface area contributed by atoms with Crippen molar-refractivity contribution < 1.29 is 19.1 Å². The number of furan rings is 1. The maximum absolute atomic E-state index is 12.5. The van der Waals surface area contributed by atoms with Gasteiger partial charge in [-0.05, 0) is 42.3 Å². The highest BCUT2D eigenvalue weighted by Gasteiger charge is 2.46. The van der Waals surface area contributed by atoms with Crippen molar-refractivity contribution in [2.45, 2.75) is 18.4 Å². The number of benzene rings is 1. The highest BCUT2D eigenvalue weighted by molar-refractivity contribution is 7.10. The van der Waals surface area contributed by atoms with Gasteiger partial charge in [0.25, 0.3) is 5.91 Å². The van der Waals surface area contributed by atoms with Crippen molar-refractivity contribution in [3.8, 4) is 5.75 Å². The van der Waals surface area contributed by atoms with Gasteiger partial charge in [0.2, 0.25) is 0 Å². The number of ether oxygens (including phenoxy) is 1. The van der Waals surface area contributed by atoms with Crippen LogP contribution in [-0.4, -0.2) is 24.7 Å². The van der Waals surface area contributed by atoms with Gasteiger partial charge in [-0.3, -0.25) is 4.79 Å². The van der Waals surface area contributed by atoms with Gasteiger partial charge in [-0.2, -0.15) is 0 Å². The topological polar surface area (TPSA) is 71.7 Å². The lowest BCUT2D eigenvalue weighted by molar-refractivity contribution is 0.0166. The summed E-state index contributed by atoms with van der Waals surface area (Å²) in [6.45, 7) is 0.172. The molecule has 0 bridgehead atoms. The first kappa shape index (κ1) is 16.2. The van der Waals surface area contributed by atoms with Gasteiger partial charge in [-0.1, -0.05) is 18.2 Å². The normalized spacial score (nSPS) is 16.6. The summed E-state index contributed by atoms with van der Waals surface area (Å²) in [6, 6.07) is 11.0. The minimum atomic E-state index is -1.01. The zero-order valence-electron chi connectivity index (χ0n) is 13.8. The van der Waals surface area contributed by atoms with E-state index in [1.165, 1.54) is 11.3 Å². The van der Waals surface area contributed by atoms with Crippen LogP contribution in [0.2, 0.25) is 0 Å². The van der Waals surface area contributed by atoms with E-state index in [1.807, 2.05) is 29.6 Å². The van der Waals surface area contributed by atoms with Gasteiger partial charge in [0, 0.05) is 10.3 Å². The van der Waals surface area contributed by atoms with Crippen molar-refractivity contribution in [3.05, 3.63) is 52.4 Å². The lowest BCUT2D eigenvalue weighted by Gasteiger charge is -2.27. The van der Waals surface area contributed by atoms with E-state index in [0.717, 1.165) is 23.1 Å². The third-order valence-electron chi connectivity index (χ3n) is 4.67. The monoisotopic (exact) mass is 357 g/mol. The van der Waals surface area contributed by atoms with Crippen LogP contribution in [0.25, 0.3) is 11.0 Å². The summed E-state index contributed by atoms with van der Waals surface area (Å²) in [5.41, 5.74) is -0.459. The molecule has 5 nitrogen and oxygen atoms in total. The van der Waals surface area contributed by atoms with E-state index in [4.69, 9.17) is 9.15 Å². The third kappa shape index (κ3) is 2.92. The largest absolute Gasteiger partial charge is 0.493 e. The summed E-state index contributed by atoms with van der Waals surface area (Å²) in [6.07, 6.45) is 1.96. The zero-order chi connectivity index (χ0) is 17.4. The molecule has 0 spiro atoms. The van der Waals surface area contributed by atoms with Crippen LogP contribution in [0.5, 0.6) is 5.75 Å². The molecule has 0 radical (unpaired) electrons. The molecule has 1 aliphatic carbocycles. The number of amides is 1. The van der Waals surface area contributed by atoms with E-state index < -0.39 is 5.60 Å². The fourth-order valence-corrected chi connectivity index (χ4v) is 4.03. The molecule has 1 amide bonds. The van der Waals surface area contributed by atoms with E-state index in [0.29, 0.717) is 11.3 Å². The van der Waals surface area contributed by atoms with Gasteiger partial charge in [0.15, 0.2) is 17.1 Å². The van der Waals surface area contributed by atoms with Crippen molar-refractivity contribution in [2.24, 2.45) is 5.92 Å². The van der Waals surface area contributed by atoms with E-state index >= 15 is 0 Å². The summed E-state index contributed by atoms with van der Waals surface area (Å²) < 4.78 is 10.9. The summed E-state index contributed by atoms with van der Waals surface area (Å²) >= 11 is 1.51. The van der Waals surface area contributed by atoms with Crippen LogP contribution in [0.4, 0.5) is 0 Å². The molecule has 1 aromatic carbocycles. The lowest BCUT2D eigenvalue weighted by atomic mass is 9.95. The van der Waals surface area contributed by atoms with Gasteiger partial charge in [-0.15, -0.1) is 11.3 Å². The number of carbonyl (C=O) groups excluding carboxylic acids is 1. The van der Waals surface area contributed by atoms with E-state index in [-0.39, 0.29) is 24.1 Å². The van der Waals surface area contributed by atoms with Crippen LogP contribution in [0.1, 0.15) is 28.3 Å². The van der Waals surface area contributed by atoms with Crippen molar-refractivity contribution in [3.63, 3.8) is 0 Å². The quantitative estimate of drug-likeness (QED) is 0.708. The molecule has 25 heavy (non-hydrogen) atoms. The first-order chi connectivity index (χ1) is 12.1. The Morgan fingerprint density at radius 3 is 2.92 bits per heavy atom. The molecule has 1 fully saturated rings. The average molecular weight is 357 g/mol. The van der Waals surface area contributed by atoms with Crippen LogP contribution >= 0.6 is 11.3 Å². The lowest BCUT2D eigenvalue weighted by Crippen LogP contribution is -2.41. The Labute approximate surface area is 149 Å². The Morgan fingerprint density at radius 2 is 2.24 bits per heavy atom. The number of para-hydroxylation sites is 1. The molecule has 1 aliphatic rings. The number of hydrogen-bond donors (Lipinski definition) is 2. The second-order valence-electron chi connectivity index (χ2n) is 6.35. The Morgan fingerprint density at radius 1 is 1.40 bits per heavy atom. The Hall–Kier alpha value is -2.31. The summed E-state index contributed by atoms with van der Waals surface area (Å²) in [7, 11) is 1.56. The second kappa shape index (κ2) is 6.20. The predicted octanol–water partition coefficient (Wildman–Crippen LogP) is 3.53. The van der Waals surface area contributed by atoms with Crippen molar-refractivity contribution in [1.82, 2.24) is 5.32 Å². The van der Waals surface area contributed by atoms with Gasteiger partial charge >= 0.3 is 0 Å². The minimum absolute atomic E-state index is 0.172. The van der Waals surface area contributed by atoms with Gasteiger partial charge in [0.1, 0.15) is 5.60 Å². The maximum Gasteiger partial charge on any atom is 0.287 e. The highest BCUT2D eigenvalue weighted by atomic mass is 32.1. The molecule has 0 aliphatic heterocycles. The molecular weight excluding hydrogens is 338 g/mol. The zero-order valence-corrected chi connectivity index (χ0v) is 14.6. The van der Waals surface area contributed by atoms with Crippen molar-refractivity contribution >= 4 is 28.2 Å². The highest BCUT2D eigenvalue weighted by Crippen LogP contribution is 2.46. The number of hydrogen-bond acceptors (Lipinski definition) is 5. The predicted molar refractivity (Wildman–Crippen MR) is 96.0 cm³/mol. The molecule has 1 atom stereocenters. The van der Waals surface area contributed by atoms with Crippen LogP contribution in [0.15, 0.2) is 46.2 Å². The van der Waals surface area contributed by atoms with Gasteiger partial charge in [0.05, 0.1) is 13.7 Å². The summed E-state index contributed by atoms with van der Waals surface area (Å²) in [4.78, 5) is 13.4. The molecule has 3 aromatic rings. The van der Waals surface area contributed by atoms with Crippen molar-refractivity contribution in [2.75, 3.05) is 13.7 Å². The van der Waals surface area contributed by atoms with Crippen LogP contribution in [0.3, 0.4) is 0 Å². The number of thiophene rings is 1. The summed E-state index contributed by atoms with van der Waals surface area (Å²) in [5.74, 6) is 0.657. The SMILES string of the molecule is COc1cccc2cc(C(=O)NC[C@@](O)(c3cccs3)C3CC3)oc12. The first-order valence-electron chi connectivity index (χ1n) is 8.23. The Kier molecular flexibility index (Phi) is 4.01. The second-order valence-corrected chi connectivity index (χ2v) is 7.30. The Balaban J connectivity index is 1.54. The van der Waals surface area contributed by atoms with Crippen molar-refractivity contribution in [1.29, 1.82) is 0 Å². The molecule has 0 unspecified atom stereocenters. The smallest absolute Gasteiger partial charge is 0.287 e. The van der Waals surface area contributed by atoms with Crippen LogP contribution in [-0.2, 0) is 5.60 Å². The van der Waals surface area contributed by atoms with Gasteiger partial charge in [-0.25, -0.2) is 0 Å². The number of rotatable bonds is 6. The number of nitrogens with one attached hydrogen (secondary N) is 1. The van der Waals surface area contributed by atoms with E-state index in [9.17, 15) is 9.90 Å². The molecular formula is C19H19NO4S. The fraction of sp³-hybridized carbons (Fsp3) is 0.316. The fourth-order valence-electron chi connectivity index (χ4n) is 3.13. The Bertz CT molecular complexity index is 897. The maximum atomic E-state index is 12.5. The molecule has 0 saturated heterocycles. The first-order valence-corrected chi connectivity index (χ1v) is 9.11. The molecule has 1 saturated carbocycles. The van der Waals surface area contributed by atoms with Crippen LogP contribution in [0, 0.1) is 5.92 Å². The summed E-state index contributed by atoms with van der Waals surface area (Å²) in [5, 5.41) is 16.7. The molecule has 4 rings (SSSR count). The van der Waals surface area contributed by atoms with E-state index in [2.05, 4.69) is 5.32 Å². The number of methoxy groups -OCH3 is 1. The third-order valence-corrected chi connectivity index (χ3v) is 5.71. The number of carbonyl (C=O) groups is 1.